The van der Waals surface area contributed by atoms with Crippen molar-refractivity contribution in [3.8, 4) is 0 Å². The number of aliphatic hydroxyl groups excluding tert-OH is 1. The van der Waals surface area contributed by atoms with E-state index in [2.05, 4.69) is 5.32 Å². The van der Waals surface area contributed by atoms with Crippen molar-refractivity contribution in [2.45, 2.75) is 31.5 Å². The van der Waals surface area contributed by atoms with Crippen molar-refractivity contribution < 1.29 is 33.6 Å². The van der Waals surface area contributed by atoms with Gasteiger partial charge in [-0.3, -0.25) is 4.79 Å². The van der Waals surface area contributed by atoms with E-state index in [0.29, 0.717) is 44.6 Å². The number of carbonyl (C=O) groups excluding carboxylic acids is 2. The zero-order valence-electron chi connectivity index (χ0n) is 16.9. The third-order valence-corrected chi connectivity index (χ3v) is 4.49. The third-order valence-electron chi connectivity index (χ3n) is 4.49. The molecule has 1 aliphatic heterocycles. The molecule has 1 amide bonds. The number of aliphatic hydroxyl groups is 1. The van der Waals surface area contributed by atoms with Crippen LogP contribution in [0.4, 0.5) is 0 Å². The number of methoxy groups -OCH3 is 2. The largest absolute Gasteiger partial charge is 0.465 e. The Labute approximate surface area is 170 Å². The van der Waals surface area contributed by atoms with E-state index >= 15 is 0 Å². The van der Waals surface area contributed by atoms with Gasteiger partial charge in [-0.15, -0.1) is 0 Å². The number of esters is 1. The predicted octanol–water partition coefficient (Wildman–Crippen LogP) is 1.74. The molecule has 0 fully saturated rings. The van der Waals surface area contributed by atoms with Crippen LogP contribution in [0, 0.1) is 0 Å². The molecule has 2 rings (SSSR count). The van der Waals surface area contributed by atoms with Crippen LogP contribution in [0.15, 0.2) is 36.1 Å². The predicted molar refractivity (Wildman–Crippen MR) is 105 cm³/mol. The molecule has 0 bridgehead atoms. The number of hydrogen-bond donors (Lipinski definition) is 2. The van der Waals surface area contributed by atoms with Crippen molar-refractivity contribution in [1.82, 2.24) is 5.32 Å². The number of unbranched alkanes of at least 4 members (excludes halogenated alkanes) is 1. The van der Waals surface area contributed by atoms with Crippen molar-refractivity contribution in [3.05, 3.63) is 47.2 Å². The fourth-order valence-corrected chi connectivity index (χ4v) is 2.92. The van der Waals surface area contributed by atoms with Crippen molar-refractivity contribution in [2.24, 2.45) is 0 Å². The van der Waals surface area contributed by atoms with Crippen LogP contribution in [0.1, 0.15) is 41.1 Å². The Morgan fingerprint density at radius 3 is 2.59 bits per heavy atom. The molecule has 0 aromatic heterocycles. The zero-order valence-corrected chi connectivity index (χ0v) is 16.9. The first-order valence-electron chi connectivity index (χ1n) is 9.65. The molecule has 0 saturated heterocycles. The number of allylic oxidation sites excluding steroid dienone is 1. The van der Waals surface area contributed by atoms with Crippen LogP contribution in [-0.4, -0.2) is 63.9 Å². The lowest BCUT2D eigenvalue weighted by Crippen LogP contribution is -2.34. The summed E-state index contributed by atoms with van der Waals surface area (Å²) in [4.78, 5) is 24.1. The topological polar surface area (TPSA) is 103 Å². The Balaban J connectivity index is 2.12. The highest BCUT2D eigenvalue weighted by molar-refractivity contribution is 5.91. The molecule has 1 heterocycles. The lowest BCUT2D eigenvalue weighted by atomic mass is 9.92. The van der Waals surface area contributed by atoms with Crippen LogP contribution in [0.5, 0.6) is 0 Å². The average Bonchev–Trinajstić information content (AvgIpc) is 2.76. The van der Waals surface area contributed by atoms with Gasteiger partial charge in [0, 0.05) is 32.6 Å². The first kappa shape index (κ1) is 22.9. The molecule has 2 atom stereocenters. The molecule has 0 radical (unpaired) electrons. The van der Waals surface area contributed by atoms with Crippen LogP contribution in [0.3, 0.4) is 0 Å². The highest BCUT2D eigenvalue weighted by atomic mass is 16.7. The van der Waals surface area contributed by atoms with Crippen LogP contribution < -0.4 is 5.32 Å². The minimum atomic E-state index is -0.577. The van der Waals surface area contributed by atoms with Crippen molar-refractivity contribution in [2.75, 3.05) is 40.6 Å². The number of ether oxygens (including phenoxy) is 4. The summed E-state index contributed by atoms with van der Waals surface area (Å²) in [6, 6.07) is 7.06. The molecule has 0 spiro atoms. The zero-order chi connectivity index (χ0) is 21.1. The SMILES string of the molecule is COCCNC(=O)C1=C[C@H](c2ccc(C(=O)OC)cc2)C[C@H](OCCCCO)O1. The number of carbonyl (C=O) groups is 2. The van der Waals surface area contributed by atoms with Crippen LogP contribution in [-0.2, 0) is 23.7 Å². The first-order valence-corrected chi connectivity index (χ1v) is 9.65. The summed E-state index contributed by atoms with van der Waals surface area (Å²) < 4.78 is 21.2. The maximum Gasteiger partial charge on any atom is 0.337 e. The van der Waals surface area contributed by atoms with Crippen LogP contribution in [0.2, 0.25) is 0 Å². The number of nitrogens with one attached hydrogen (secondary N) is 1. The van der Waals surface area contributed by atoms with Gasteiger partial charge in [-0.05, 0) is 36.6 Å². The van der Waals surface area contributed by atoms with Gasteiger partial charge in [-0.2, -0.15) is 0 Å². The van der Waals surface area contributed by atoms with Gasteiger partial charge in [0.1, 0.15) is 0 Å². The Hall–Kier alpha value is -2.42. The number of benzene rings is 1. The highest BCUT2D eigenvalue weighted by Gasteiger charge is 2.28. The van der Waals surface area contributed by atoms with Gasteiger partial charge >= 0.3 is 5.97 Å². The lowest BCUT2D eigenvalue weighted by Gasteiger charge is -2.29. The average molecular weight is 407 g/mol. The molecule has 1 aromatic rings. The second-order valence-electron chi connectivity index (χ2n) is 6.58. The quantitative estimate of drug-likeness (QED) is 0.425. The van der Waals surface area contributed by atoms with Crippen molar-refractivity contribution >= 4 is 11.9 Å². The summed E-state index contributed by atoms with van der Waals surface area (Å²) in [6.07, 6.45) is 3.07. The van der Waals surface area contributed by atoms with Gasteiger partial charge < -0.3 is 29.4 Å². The van der Waals surface area contributed by atoms with Gasteiger partial charge in [-0.25, -0.2) is 4.79 Å². The molecule has 160 valence electrons. The molecule has 8 nitrogen and oxygen atoms in total. The molecular weight excluding hydrogens is 378 g/mol. The van der Waals surface area contributed by atoms with Crippen molar-refractivity contribution in [1.29, 1.82) is 0 Å². The smallest absolute Gasteiger partial charge is 0.337 e. The molecule has 1 aromatic carbocycles. The maximum absolute atomic E-state index is 12.4. The van der Waals surface area contributed by atoms with Crippen molar-refractivity contribution in [3.63, 3.8) is 0 Å². The molecular formula is C21H29NO7. The summed E-state index contributed by atoms with van der Waals surface area (Å²) in [6.45, 7) is 1.31. The number of amides is 1. The summed E-state index contributed by atoms with van der Waals surface area (Å²) in [7, 11) is 2.90. The molecule has 0 aliphatic carbocycles. The van der Waals surface area contributed by atoms with Gasteiger partial charge in [0.05, 0.1) is 25.9 Å². The van der Waals surface area contributed by atoms with E-state index in [1.807, 2.05) is 12.1 Å². The van der Waals surface area contributed by atoms with Crippen LogP contribution in [0.25, 0.3) is 0 Å². The Morgan fingerprint density at radius 2 is 1.93 bits per heavy atom. The van der Waals surface area contributed by atoms with Gasteiger partial charge in [0.15, 0.2) is 5.76 Å². The molecule has 2 N–H and O–H groups in total. The van der Waals surface area contributed by atoms with E-state index in [1.165, 1.54) is 7.11 Å². The summed E-state index contributed by atoms with van der Waals surface area (Å²) in [5.74, 6) is -0.646. The summed E-state index contributed by atoms with van der Waals surface area (Å²) in [5.41, 5.74) is 1.40. The molecule has 1 aliphatic rings. The van der Waals surface area contributed by atoms with Gasteiger partial charge in [-0.1, -0.05) is 12.1 Å². The van der Waals surface area contributed by atoms with Gasteiger partial charge in [0.25, 0.3) is 5.91 Å². The monoisotopic (exact) mass is 407 g/mol. The van der Waals surface area contributed by atoms with E-state index in [9.17, 15) is 9.59 Å². The third kappa shape index (κ3) is 7.16. The van der Waals surface area contributed by atoms with Crippen LogP contribution >= 0.6 is 0 Å². The number of rotatable bonds is 11. The fourth-order valence-electron chi connectivity index (χ4n) is 2.92. The molecule has 0 saturated carbocycles. The second-order valence-corrected chi connectivity index (χ2v) is 6.58. The molecule has 29 heavy (non-hydrogen) atoms. The molecule has 0 unspecified atom stereocenters. The Kier molecular flexibility index (Phi) is 9.63. The maximum atomic E-state index is 12.4. The normalized spacial score (nSPS) is 18.5. The highest BCUT2D eigenvalue weighted by Crippen LogP contribution is 2.31. The lowest BCUT2D eigenvalue weighted by molar-refractivity contribution is -0.146. The summed E-state index contributed by atoms with van der Waals surface area (Å²) in [5, 5.41) is 11.6. The van der Waals surface area contributed by atoms with Gasteiger partial charge in [0.2, 0.25) is 6.29 Å². The minimum absolute atomic E-state index is 0.108. The minimum Gasteiger partial charge on any atom is -0.465 e. The molecule has 8 heteroatoms. The van der Waals surface area contributed by atoms with E-state index in [4.69, 9.17) is 24.1 Å². The standard InChI is InChI=1S/C21H29NO7/c1-26-12-9-22-20(24)18-13-17(14-19(29-18)28-11-4-3-10-23)15-5-7-16(8-6-15)21(25)27-2/h5-8,13,17,19,23H,3-4,9-12,14H2,1-2H3,(H,22,24)/t17-,19+/m0/s1. The second kappa shape index (κ2) is 12.2. The van der Waals surface area contributed by atoms with E-state index < -0.39 is 12.3 Å². The first-order chi connectivity index (χ1) is 14.1. The fraction of sp³-hybridized carbons (Fsp3) is 0.524. The Morgan fingerprint density at radius 1 is 1.17 bits per heavy atom. The Bertz CT molecular complexity index is 687. The summed E-state index contributed by atoms with van der Waals surface area (Å²) >= 11 is 0. The van der Waals surface area contributed by atoms with E-state index in [-0.39, 0.29) is 24.2 Å². The number of hydrogen-bond acceptors (Lipinski definition) is 7. The van der Waals surface area contributed by atoms with E-state index in [0.717, 1.165) is 5.56 Å². The van der Waals surface area contributed by atoms with E-state index in [1.54, 1.807) is 25.3 Å².